The first-order chi connectivity index (χ1) is 4.86. The average Bonchev–Trinajstić information content (AvgIpc) is 2.05. The van der Waals surface area contributed by atoms with Crippen LogP contribution in [0.5, 0.6) is 0 Å². The van der Waals surface area contributed by atoms with Gasteiger partial charge in [-0.05, 0) is 37.2 Å². The van der Waals surface area contributed by atoms with E-state index in [1.807, 2.05) is 0 Å². The molecular formula is C9H13I. The van der Waals surface area contributed by atoms with E-state index in [9.17, 15) is 0 Å². The summed E-state index contributed by atoms with van der Waals surface area (Å²) in [5.41, 5.74) is 4.48. The summed E-state index contributed by atoms with van der Waals surface area (Å²) >= 11 is 2.47. The van der Waals surface area contributed by atoms with Gasteiger partial charge in [0.25, 0.3) is 0 Å². The number of alkyl halides is 1. The van der Waals surface area contributed by atoms with E-state index in [1.54, 1.807) is 0 Å². The molecule has 1 fully saturated rings. The lowest BCUT2D eigenvalue weighted by Gasteiger charge is -2.20. The summed E-state index contributed by atoms with van der Waals surface area (Å²) in [5, 5.41) is 0. The van der Waals surface area contributed by atoms with E-state index in [0.717, 1.165) is 5.92 Å². The SMILES string of the molecule is C=C=C1CCCC(CI)C1. The van der Waals surface area contributed by atoms with Gasteiger partial charge in [-0.1, -0.05) is 29.2 Å². The van der Waals surface area contributed by atoms with E-state index < -0.39 is 0 Å². The van der Waals surface area contributed by atoms with Crippen LogP contribution in [0.4, 0.5) is 0 Å². The Morgan fingerprint density at radius 3 is 3.10 bits per heavy atom. The smallest absolute Gasteiger partial charge is 0.00269 e. The Morgan fingerprint density at radius 2 is 2.50 bits per heavy atom. The van der Waals surface area contributed by atoms with Gasteiger partial charge in [0.05, 0.1) is 0 Å². The van der Waals surface area contributed by atoms with Crippen LogP contribution in [0.1, 0.15) is 25.7 Å². The maximum atomic E-state index is 3.69. The van der Waals surface area contributed by atoms with Crippen molar-refractivity contribution in [1.82, 2.24) is 0 Å². The molecule has 0 aromatic heterocycles. The third-order valence-corrected chi connectivity index (χ3v) is 3.34. The zero-order chi connectivity index (χ0) is 7.40. The van der Waals surface area contributed by atoms with Crippen LogP contribution in [-0.2, 0) is 0 Å². The molecule has 1 saturated carbocycles. The second-order valence-electron chi connectivity index (χ2n) is 2.90. The minimum atomic E-state index is 0.915. The van der Waals surface area contributed by atoms with Gasteiger partial charge in [-0.25, -0.2) is 0 Å². The van der Waals surface area contributed by atoms with Crippen molar-refractivity contribution in [3.05, 3.63) is 17.9 Å². The molecule has 10 heavy (non-hydrogen) atoms. The zero-order valence-electron chi connectivity index (χ0n) is 6.20. The van der Waals surface area contributed by atoms with Gasteiger partial charge >= 0.3 is 0 Å². The van der Waals surface area contributed by atoms with Gasteiger partial charge in [0.1, 0.15) is 0 Å². The van der Waals surface area contributed by atoms with Gasteiger partial charge in [0, 0.05) is 4.43 Å². The van der Waals surface area contributed by atoms with Crippen LogP contribution in [0.3, 0.4) is 0 Å². The minimum Gasteiger partial charge on any atom is -0.130 e. The van der Waals surface area contributed by atoms with Crippen molar-refractivity contribution in [3.8, 4) is 0 Å². The van der Waals surface area contributed by atoms with Crippen LogP contribution in [-0.4, -0.2) is 4.43 Å². The highest BCUT2D eigenvalue weighted by atomic mass is 127. The molecule has 0 aromatic carbocycles. The van der Waals surface area contributed by atoms with Crippen LogP contribution in [0.2, 0.25) is 0 Å². The van der Waals surface area contributed by atoms with Crippen molar-refractivity contribution >= 4 is 22.6 Å². The molecule has 0 bridgehead atoms. The first-order valence-electron chi connectivity index (χ1n) is 3.80. The largest absolute Gasteiger partial charge is 0.130 e. The van der Waals surface area contributed by atoms with Crippen LogP contribution < -0.4 is 0 Å². The van der Waals surface area contributed by atoms with E-state index in [0.29, 0.717) is 0 Å². The fraction of sp³-hybridized carbons (Fsp3) is 0.667. The second-order valence-corrected chi connectivity index (χ2v) is 3.78. The van der Waals surface area contributed by atoms with E-state index >= 15 is 0 Å². The molecule has 0 amide bonds. The standard InChI is InChI=1S/C9H13I/c1-2-8-4-3-5-9(6-8)7-10/h9H,1,3-7H2. The Hall–Kier alpha value is 0.250. The highest BCUT2D eigenvalue weighted by Crippen LogP contribution is 2.28. The van der Waals surface area contributed by atoms with Gasteiger partial charge in [0.2, 0.25) is 0 Å². The summed E-state index contributed by atoms with van der Waals surface area (Å²) in [6.07, 6.45) is 5.27. The summed E-state index contributed by atoms with van der Waals surface area (Å²) in [5.74, 6) is 0.915. The first kappa shape index (κ1) is 8.35. The quantitative estimate of drug-likeness (QED) is 0.379. The number of allylic oxidation sites excluding steroid dienone is 1. The molecule has 0 heterocycles. The van der Waals surface area contributed by atoms with E-state index in [-0.39, 0.29) is 0 Å². The first-order valence-corrected chi connectivity index (χ1v) is 5.33. The highest BCUT2D eigenvalue weighted by Gasteiger charge is 2.14. The molecule has 0 saturated heterocycles. The monoisotopic (exact) mass is 248 g/mol. The van der Waals surface area contributed by atoms with E-state index in [2.05, 4.69) is 34.9 Å². The summed E-state index contributed by atoms with van der Waals surface area (Å²) in [6.45, 7) is 3.69. The molecule has 1 aliphatic rings. The van der Waals surface area contributed by atoms with Gasteiger partial charge < -0.3 is 0 Å². The van der Waals surface area contributed by atoms with Crippen molar-refractivity contribution in [3.63, 3.8) is 0 Å². The van der Waals surface area contributed by atoms with Crippen molar-refractivity contribution < 1.29 is 0 Å². The molecular weight excluding hydrogens is 235 g/mol. The molecule has 56 valence electrons. The summed E-state index contributed by atoms with van der Waals surface area (Å²) in [7, 11) is 0. The van der Waals surface area contributed by atoms with Gasteiger partial charge in [-0.3, -0.25) is 0 Å². The van der Waals surface area contributed by atoms with Gasteiger partial charge in [-0.2, -0.15) is 0 Å². The summed E-state index contributed by atoms with van der Waals surface area (Å²) < 4.78 is 1.29. The normalized spacial score (nSPS) is 26.1. The fourth-order valence-corrected chi connectivity index (χ4v) is 2.20. The predicted molar refractivity (Wildman–Crippen MR) is 53.5 cm³/mol. The van der Waals surface area contributed by atoms with Crippen LogP contribution in [0.15, 0.2) is 17.9 Å². The highest BCUT2D eigenvalue weighted by molar-refractivity contribution is 14.1. The molecule has 0 nitrogen and oxygen atoms in total. The molecule has 1 heteroatoms. The van der Waals surface area contributed by atoms with E-state index in [4.69, 9.17) is 0 Å². The number of rotatable bonds is 1. The molecule has 0 radical (unpaired) electrons. The van der Waals surface area contributed by atoms with Crippen molar-refractivity contribution in [2.75, 3.05) is 4.43 Å². The molecule has 0 aromatic rings. The molecule has 1 atom stereocenters. The fourth-order valence-electron chi connectivity index (χ4n) is 1.45. The number of hydrogen-bond donors (Lipinski definition) is 0. The maximum absolute atomic E-state index is 3.69. The van der Waals surface area contributed by atoms with Crippen LogP contribution >= 0.6 is 22.6 Å². The third-order valence-electron chi connectivity index (χ3n) is 2.09. The molecule has 0 spiro atoms. The Balaban J connectivity index is 2.47. The Labute approximate surface area is 76.5 Å². The summed E-state index contributed by atoms with van der Waals surface area (Å²) in [6, 6.07) is 0. The number of halogens is 1. The Bertz CT molecular complexity index is 154. The Morgan fingerprint density at radius 1 is 1.70 bits per heavy atom. The van der Waals surface area contributed by atoms with Crippen molar-refractivity contribution in [2.24, 2.45) is 5.92 Å². The lowest BCUT2D eigenvalue weighted by molar-refractivity contribution is 0.465. The minimum absolute atomic E-state index is 0.915. The van der Waals surface area contributed by atoms with Gasteiger partial charge in [-0.15, -0.1) is 5.73 Å². The number of hydrogen-bond acceptors (Lipinski definition) is 0. The molecule has 1 unspecified atom stereocenters. The lowest BCUT2D eigenvalue weighted by Crippen LogP contribution is -2.08. The Kier molecular flexibility index (Phi) is 3.50. The molecule has 1 aliphatic carbocycles. The topological polar surface area (TPSA) is 0 Å². The van der Waals surface area contributed by atoms with Crippen molar-refractivity contribution in [2.45, 2.75) is 25.7 Å². The predicted octanol–water partition coefficient (Wildman–Crippen LogP) is 3.32. The average molecular weight is 248 g/mol. The van der Waals surface area contributed by atoms with Crippen LogP contribution in [0.25, 0.3) is 0 Å². The summed E-state index contributed by atoms with van der Waals surface area (Å²) in [4.78, 5) is 0. The lowest BCUT2D eigenvalue weighted by atomic mass is 9.87. The maximum Gasteiger partial charge on any atom is 0.00269 e. The second kappa shape index (κ2) is 4.20. The third kappa shape index (κ3) is 2.14. The zero-order valence-corrected chi connectivity index (χ0v) is 8.36. The molecule has 1 rings (SSSR count). The van der Waals surface area contributed by atoms with Crippen molar-refractivity contribution in [1.29, 1.82) is 0 Å². The molecule has 0 N–H and O–H groups in total. The van der Waals surface area contributed by atoms with Crippen LogP contribution in [0, 0.1) is 5.92 Å². The molecule has 0 aliphatic heterocycles. The van der Waals surface area contributed by atoms with Gasteiger partial charge in [0.15, 0.2) is 0 Å². The van der Waals surface area contributed by atoms with E-state index in [1.165, 1.54) is 35.7 Å².